The van der Waals surface area contributed by atoms with Crippen molar-refractivity contribution in [3.63, 3.8) is 0 Å². The van der Waals surface area contributed by atoms with Crippen LogP contribution >= 0.6 is 11.6 Å². The average Bonchev–Trinajstić information content (AvgIpc) is 2.30. The first-order valence-electron chi connectivity index (χ1n) is 5.64. The minimum Gasteiger partial charge on any atom is -0.469 e. The maximum Gasteiger partial charge on any atom is 0.311 e. The highest BCUT2D eigenvalue weighted by Crippen LogP contribution is 2.25. The Hall–Kier alpha value is -1.61. The molecule has 1 aromatic carbocycles. The first kappa shape index (κ1) is 12.8. The predicted octanol–water partition coefficient (Wildman–Crippen LogP) is 3.22. The van der Waals surface area contributed by atoms with Crippen LogP contribution in [-0.4, -0.2) is 18.1 Å². The third kappa shape index (κ3) is 2.46. The van der Waals surface area contributed by atoms with E-state index in [1.807, 2.05) is 32.0 Å². The summed E-state index contributed by atoms with van der Waals surface area (Å²) in [5.41, 5.74) is 3.67. The smallest absolute Gasteiger partial charge is 0.311 e. The number of fused-ring (bicyclic) bond motifs is 1. The zero-order valence-electron chi connectivity index (χ0n) is 10.6. The summed E-state index contributed by atoms with van der Waals surface area (Å²) < 4.78 is 4.66. The molecule has 0 aliphatic heterocycles. The topological polar surface area (TPSA) is 39.2 Å². The fourth-order valence-electron chi connectivity index (χ4n) is 2.00. The fourth-order valence-corrected chi connectivity index (χ4v) is 2.27. The van der Waals surface area contributed by atoms with Crippen LogP contribution in [0.5, 0.6) is 0 Å². The lowest BCUT2D eigenvalue weighted by Gasteiger charge is -2.08. The Labute approximate surface area is 111 Å². The van der Waals surface area contributed by atoms with Gasteiger partial charge < -0.3 is 4.74 Å². The Kier molecular flexibility index (Phi) is 3.53. The molecule has 1 heterocycles. The first-order chi connectivity index (χ1) is 8.51. The summed E-state index contributed by atoms with van der Waals surface area (Å²) >= 11 is 6.04. The largest absolute Gasteiger partial charge is 0.469 e. The average molecular weight is 264 g/mol. The summed E-state index contributed by atoms with van der Waals surface area (Å²) in [5.74, 6) is -0.284. The minimum atomic E-state index is -0.284. The van der Waals surface area contributed by atoms with Gasteiger partial charge in [-0.05, 0) is 43.2 Å². The van der Waals surface area contributed by atoms with Crippen molar-refractivity contribution in [2.45, 2.75) is 20.3 Å². The molecule has 0 saturated carbocycles. The standard InChI is InChI=1S/C14H14ClNO2/c1-8-5-11(7-13(17)18-3)16-14-9(2)4-10(15)6-12(8)14/h4-6H,7H2,1-3H3. The summed E-state index contributed by atoms with van der Waals surface area (Å²) in [4.78, 5) is 15.8. The van der Waals surface area contributed by atoms with Gasteiger partial charge in [0, 0.05) is 10.4 Å². The Morgan fingerprint density at radius 2 is 2.00 bits per heavy atom. The number of halogens is 1. The molecule has 0 N–H and O–H groups in total. The Balaban J connectivity index is 2.58. The molecule has 0 unspecified atom stereocenters. The van der Waals surface area contributed by atoms with E-state index in [9.17, 15) is 4.79 Å². The van der Waals surface area contributed by atoms with Crippen LogP contribution in [-0.2, 0) is 16.0 Å². The highest BCUT2D eigenvalue weighted by atomic mass is 35.5. The van der Waals surface area contributed by atoms with Crippen LogP contribution in [0.3, 0.4) is 0 Å². The quantitative estimate of drug-likeness (QED) is 0.781. The van der Waals surface area contributed by atoms with Crippen LogP contribution in [0.2, 0.25) is 5.02 Å². The van der Waals surface area contributed by atoms with Crippen LogP contribution in [0, 0.1) is 13.8 Å². The van der Waals surface area contributed by atoms with Crippen molar-refractivity contribution in [3.8, 4) is 0 Å². The molecule has 0 aliphatic carbocycles. The number of aryl methyl sites for hydroxylation is 2. The van der Waals surface area contributed by atoms with E-state index in [0.29, 0.717) is 5.02 Å². The zero-order chi connectivity index (χ0) is 13.3. The highest BCUT2D eigenvalue weighted by Gasteiger charge is 2.09. The molecule has 1 aromatic heterocycles. The summed E-state index contributed by atoms with van der Waals surface area (Å²) in [6.07, 6.45) is 0.190. The van der Waals surface area contributed by atoms with Gasteiger partial charge in [-0.2, -0.15) is 0 Å². The van der Waals surface area contributed by atoms with Gasteiger partial charge in [0.25, 0.3) is 0 Å². The van der Waals surface area contributed by atoms with E-state index in [4.69, 9.17) is 11.6 Å². The number of benzene rings is 1. The van der Waals surface area contributed by atoms with E-state index in [1.165, 1.54) is 7.11 Å². The molecule has 2 aromatic rings. The van der Waals surface area contributed by atoms with E-state index in [-0.39, 0.29) is 12.4 Å². The maximum atomic E-state index is 11.3. The molecular formula is C14H14ClNO2. The number of esters is 1. The zero-order valence-corrected chi connectivity index (χ0v) is 11.3. The van der Waals surface area contributed by atoms with Gasteiger partial charge in [0.2, 0.25) is 0 Å². The monoisotopic (exact) mass is 263 g/mol. The van der Waals surface area contributed by atoms with E-state index in [2.05, 4.69) is 9.72 Å². The van der Waals surface area contributed by atoms with Gasteiger partial charge in [0.1, 0.15) is 0 Å². The molecule has 0 fully saturated rings. The molecule has 18 heavy (non-hydrogen) atoms. The van der Waals surface area contributed by atoms with E-state index < -0.39 is 0 Å². The maximum absolute atomic E-state index is 11.3. The third-order valence-electron chi connectivity index (χ3n) is 2.88. The lowest BCUT2D eigenvalue weighted by atomic mass is 10.0. The summed E-state index contributed by atoms with van der Waals surface area (Å²) in [5, 5.41) is 1.72. The summed E-state index contributed by atoms with van der Waals surface area (Å²) in [6.45, 7) is 3.95. The van der Waals surface area contributed by atoms with Crippen LogP contribution in [0.15, 0.2) is 18.2 Å². The molecule has 94 valence electrons. The summed E-state index contributed by atoms with van der Waals surface area (Å²) in [7, 11) is 1.38. The van der Waals surface area contributed by atoms with Crippen molar-refractivity contribution in [1.29, 1.82) is 0 Å². The van der Waals surface area contributed by atoms with Gasteiger partial charge in [-0.3, -0.25) is 9.78 Å². The highest BCUT2D eigenvalue weighted by molar-refractivity contribution is 6.31. The fraction of sp³-hybridized carbons (Fsp3) is 0.286. The van der Waals surface area contributed by atoms with Gasteiger partial charge >= 0.3 is 5.97 Å². The lowest BCUT2D eigenvalue weighted by molar-refractivity contribution is -0.139. The molecule has 0 bridgehead atoms. The minimum absolute atomic E-state index is 0.190. The van der Waals surface area contributed by atoms with Gasteiger partial charge in [0.05, 0.1) is 24.7 Å². The van der Waals surface area contributed by atoms with E-state index in [0.717, 1.165) is 27.7 Å². The molecular weight excluding hydrogens is 250 g/mol. The van der Waals surface area contributed by atoms with Gasteiger partial charge in [-0.15, -0.1) is 0 Å². The van der Waals surface area contributed by atoms with Crippen LogP contribution in [0.1, 0.15) is 16.8 Å². The van der Waals surface area contributed by atoms with Crippen LogP contribution in [0.4, 0.5) is 0 Å². The molecule has 0 aliphatic rings. The predicted molar refractivity (Wildman–Crippen MR) is 71.9 cm³/mol. The van der Waals surface area contributed by atoms with Crippen molar-refractivity contribution in [3.05, 3.63) is 40.0 Å². The number of methoxy groups -OCH3 is 1. The first-order valence-corrected chi connectivity index (χ1v) is 6.02. The number of carbonyl (C=O) groups is 1. The molecule has 0 atom stereocenters. The van der Waals surface area contributed by atoms with Gasteiger partial charge in [0.15, 0.2) is 0 Å². The normalized spacial score (nSPS) is 10.7. The van der Waals surface area contributed by atoms with Crippen LogP contribution in [0.25, 0.3) is 10.9 Å². The van der Waals surface area contributed by atoms with Crippen molar-refractivity contribution in [2.24, 2.45) is 0 Å². The molecule has 0 saturated heterocycles. The Morgan fingerprint density at radius 1 is 1.28 bits per heavy atom. The Bertz CT molecular complexity index is 623. The molecule has 2 rings (SSSR count). The number of aromatic nitrogens is 1. The molecule has 0 amide bonds. The number of pyridine rings is 1. The van der Waals surface area contributed by atoms with Gasteiger partial charge in [-0.1, -0.05) is 11.6 Å². The second-order valence-electron chi connectivity index (χ2n) is 4.30. The third-order valence-corrected chi connectivity index (χ3v) is 3.10. The van der Waals surface area contributed by atoms with E-state index in [1.54, 1.807) is 0 Å². The second-order valence-corrected chi connectivity index (χ2v) is 4.74. The Morgan fingerprint density at radius 3 is 2.67 bits per heavy atom. The van der Waals surface area contributed by atoms with Gasteiger partial charge in [-0.25, -0.2) is 0 Å². The number of rotatable bonds is 2. The SMILES string of the molecule is COC(=O)Cc1cc(C)c2cc(Cl)cc(C)c2n1. The number of nitrogens with zero attached hydrogens (tertiary/aromatic N) is 1. The molecule has 4 heteroatoms. The number of hydrogen-bond acceptors (Lipinski definition) is 3. The number of carbonyl (C=O) groups excluding carboxylic acids is 1. The number of ether oxygens (including phenoxy) is 1. The second kappa shape index (κ2) is 4.94. The molecule has 0 spiro atoms. The van der Waals surface area contributed by atoms with E-state index >= 15 is 0 Å². The van der Waals surface area contributed by atoms with Crippen LogP contribution < -0.4 is 0 Å². The van der Waals surface area contributed by atoms with Crippen molar-refractivity contribution >= 4 is 28.5 Å². The van der Waals surface area contributed by atoms with Crippen molar-refractivity contribution in [2.75, 3.05) is 7.11 Å². The van der Waals surface area contributed by atoms with Crippen molar-refractivity contribution in [1.82, 2.24) is 4.98 Å². The lowest BCUT2D eigenvalue weighted by Crippen LogP contribution is -2.06. The molecule has 0 radical (unpaired) electrons. The number of hydrogen-bond donors (Lipinski definition) is 0. The summed E-state index contributed by atoms with van der Waals surface area (Å²) in [6, 6.07) is 5.67. The van der Waals surface area contributed by atoms with Crippen molar-refractivity contribution < 1.29 is 9.53 Å². The molecule has 3 nitrogen and oxygen atoms in total.